The van der Waals surface area contributed by atoms with Crippen molar-refractivity contribution in [3.05, 3.63) is 18.2 Å². The highest BCUT2D eigenvalue weighted by Gasteiger charge is 1.99. The third-order valence-corrected chi connectivity index (χ3v) is 2.16. The van der Waals surface area contributed by atoms with Gasteiger partial charge in [0, 0.05) is 19.2 Å². The fourth-order valence-corrected chi connectivity index (χ4v) is 1.29. The predicted octanol–water partition coefficient (Wildman–Crippen LogP) is 1.46. The van der Waals surface area contributed by atoms with E-state index in [4.69, 9.17) is 15.6 Å². The number of nitrogen functional groups attached to an aromatic ring is 1. The molecule has 15 heavy (non-hydrogen) atoms. The van der Waals surface area contributed by atoms with E-state index >= 15 is 0 Å². The monoisotopic (exact) mass is 210 g/mol. The maximum atomic E-state index is 8.62. The van der Waals surface area contributed by atoms with Gasteiger partial charge in [0.25, 0.3) is 0 Å². The summed E-state index contributed by atoms with van der Waals surface area (Å²) >= 11 is 0. The van der Waals surface area contributed by atoms with Crippen molar-refractivity contribution >= 4 is 11.4 Å². The minimum Gasteiger partial charge on any atom is -0.497 e. The molecule has 1 rings (SSSR count). The highest BCUT2D eigenvalue weighted by molar-refractivity contribution is 5.68. The van der Waals surface area contributed by atoms with Crippen molar-refractivity contribution in [1.29, 1.82) is 0 Å². The maximum absolute atomic E-state index is 8.62. The van der Waals surface area contributed by atoms with Gasteiger partial charge in [-0.15, -0.1) is 0 Å². The van der Waals surface area contributed by atoms with E-state index < -0.39 is 0 Å². The molecule has 0 saturated heterocycles. The van der Waals surface area contributed by atoms with Crippen molar-refractivity contribution in [2.75, 3.05) is 31.3 Å². The second-order valence-corrected chi connectivity index (χ2v) is 3.31. The Balaban J connectivity index is 2.47. The summed E-state index contributed by atoms with van der Waals surface area (Å²) in [6.07, 6.45) is 1.74. The molecule has 4 N–H and O–H groups in total. The van der Waals surface area contributed by atoms with Crippen LogP contribution in [0.3, 0.4) is 0 Å². The minimum absolute atomic E-state index is 0.236. The second kappa shape index (κ2) is 6.14. The molecule has 1 aromatic rings. The van der Waals surface area contributed by atoms with Gasteiger partial charge in [-0.3, -0.25) is 0 Å². The van der Waals surface area contributed by atoms with Gasteiger partial charge in [0.1, 0.15) is 5.75 Å². The summed E-state index contributed by atoms with van der Waals surface area (Å²) in [6, 6.07) is 5.55. The summed E-state index contributed by atoms with van der Waals surface area (Å²) in [6.45, 7) is 1.05. The van der Waals surface area contributed by atoms with Crippen molar-refractivity contribution in [2.45, 2.75) is 12.8 Å². The third kappa shape index (κ3) is 3.67. The fraction of sp³-hybridized carbons (Fsp3) is 0.455. The van der Waals surface area contributed by atoms with Crippen LogP contribution < -0.4 is 15.8 Å². The Kier molecular flexibility index (Phi) is 4.77. The van der Waals surface area contributed by atoms with E-state index in [0.29, 0.717) is 5.69 Å². The average molecular weight is 210 g/mol. The Bertz CT molecular complexity index is 303. The zero-order valence-electron chi connectivity index (χ0n) is 8.99. The number of ether oxygens (including phenoxy) is 1. The molecular formula is C11H18N2O2. The summed E-state index contributed by atoms with van der Waals surface area (Å²) in [5.74, 6) is 0.758. The van der Waals surface area contributed by atoms with E-state index in [1.807, 2.05) is 12.1 Å². The Labute approximate surface area is 90.1 Å². The van der Waals surface area contributed by atoms with E-state index in [2.05, 4.69) is 5.32 Å². The molecule has 0 heterocycles. The first-order valence-electron chi connectivity index (χ1n) is 5.06. The van der Waals surface area contributed by atoms with Crippen LogP contribution in [-0.2, 0) is 0 Å². The van der Waals surface area contributed by atoms with E-state index in [1.54, 1.807) is 13.2 Å². The van der Waals surface area contributed by atoms with Gasteiger partial charge in [-0.2, -0.15) is 0 Å². The zero-order valence-corrected chi connectivity index (χ0v) is 8.99. The standard InChI is InChI=1S/C11H18N2O2/c1-15-9-4-5-11(10(12)8-9)13-6-2-3-7-14/h4-5,8,13-14H,2-3,6-7,12H2,1H3. The molecule has 0 aliphatic carbocycles. The Morgan fingerprint density at radius 1 is 1.40 bits per heavy atom. The predicted molar refractivity (Wildman–Crippen MR) is 62.2 cm³/mol. The second-order valence-electron chi connectivity index (χ2n) is 3.31. The summed E-state index contributed by atoms with van der Waals surface area (Å²) in [7, 11) is 1.61. The van der Waals surface area contributed by atoms with Gasteiger partial charge in [-0.05, 0) is 25.0 Å². The van der Waals surface area contributed by atoms with Crippen molar-refractivity contribution in [1.82, 2.24) is 0 Å². The summed E-state index contributed by atoms with van der Waals surface area (Å²) < 4.78 is 5.05. The third-order valence-electron chi connectivity index (χ3n) is 2.16. The van der Waals surface area contributed by atoms with Gasteiger partial charge < -0.3 is 20.9 Å². The van der Waals surface area contributed by atoms with E-state index in [0.717, 1.165) is 30.8 Å². The van der Waals surface area contributed by atoms with Crippen LogP contribution in [0.5, 0.6) is 5.75 Å². The molecular weight excluding hydrogens is 192 g/mol. The van der Waals surface area contributed by atoms with E-state index in [-0.39, 0.29) is 6.61 Å². The SMILES string of the molecule is COc1ccc(NCCCCO)c(N)c1. The summed E-state index contributed by atoms with van der Waals surface area (Å²) in [5, 5.41) is 11.8. The molecule has 1 aromatic carbocycles. The minimum atomic E-state index is 0.236. The van der Waals surface area contributed by atoms with E-state index in [9.17, 15) is 0 Å². The molecule has 4 nitrogen and oxygen atoms in total. The lowest BCUT2D eigenvalue weighted by Crippen LogP contribution is -2.04. The molecule has 0 spiro atoms. The van der Waals surface area contributed by atoms with Gasteiger partial charge in [-0.1, -0.05) is 0 Å². The maximum Gasteiger partial charge on any atom is 0.121 e. The molecule has 0 atom stereocenters. The number of hydrogen-bond donors (Lipinski definition) is 3. The molecule has 0 aliphatic heterocycles. The average Bonchev–Trinajstić information content (AvgIpc) is 2.26. The van der Waals surface area contributed by atoms with Crippen LogP contribution in [0.15, 0.2) is 18.2 Å². The van der Waals surface area contributed by atoms with Crippen molar-refractivity contribution in [2.24, 2.45) is 0 Å². The first-order valence-corrected chi connectivity index (χ1v) is 5.06. The van der Waals surface area contributed by atoms with Crippen molar-refractivity contribution in [3.63, 3.8) is 0 Å². The number of aliphatic hydroxyl groups is 1. The number of methoxy groups -OCH3 is 1. The van der Waals surface area contributed by atoms with Crippen LogP contribution >= 0.6 is 0 Å². The van der Waals surface area contributed by atoms with Crippen LogP contribution in [-0.4, -0.2) is 25.4 Å². The number of nitrogens with two attached hydrogens (primary N) is 1. The van der Waals surface area contributed by atoms with Crippen LogP contribution in [0.1, 0.15) is 12.8 Å². The first kappa shape index (κ1) is 11.7. The highest BCUT2D eigenvalue weighted by Crippen LogP contribution is 2.23. The van der Waals surface area contributed by atoms with Crippen LogP contribution in [0, 0.1) is 0 Å². The summed E-state index contributed by atoms with van der Waals surface area (Å²) in [4.78, 5) is 0. The molecule has 4 heteroatoms. The molecule has 0 amide bonds. The lowest BCUT2D eigenvalue weighted by Gasteiger charge is -2.10. The number of benzene rings is 1. The van der Waals surface area contributed by atoms with Gasteiger partial charge in [0.2, 0.25) is 0 Å². The topological polar surface area (TPSA) is 67.5 Å². The molecule has 0 bridgehead atoms. The van der Waals surface area contributed by atoms with E-state index in [1.165, 1.54) is 0 Å². The Morgan fingerprint density at radius 2 is 2.20 bits per heavy atom. The quantitative estimate of drug-likeness (QED) is 0.491. The summed E-state index contributed by atoms with van der Waals surface area (Å²) in [5.41, 5.74) is 7.41. The molecule has 0 unspecified atom stereocenters. The first-order chi connectivity index (χ1) is 7.27. The van der Waals surface area contributed by atoms with Gasteiger partial charge in [0.15, 0.2) is 0 Å². The molecule has 0 aliphatic rings. The number of nitrogens with one attached hydrogen (secondary N) is 1. The van der Waals surface area contributed by atoms with Crippen LogP contribution in [0.25, 0.3) is 0 Å². The number of anilines is 2. The molecule has 0 radical (unpaired) electrons. The smallest absolute Gasteiger partial charge is 0.121 e. The molecule has 0 saturated carbocycles. The molecule has 0 fully saturated rings. The Morgan fingerprint density at radius 3 is 2.80 bits per heavy atom. The number of hydrogen-bond acceptors (Lipinski definition) is 4. The Hall–Kier alpha value is -1.42. The van der Waals surface area contributed by atoms with Gasteiger partial charge in [-0.25, -0.2) is 0 Å². The van der Waals surface area contributed by atoms with Crippen molar-refractivity contribution < 1.29 is 9.84 Å². The van der Waals surface area contributed by atoms with Crippen LogP contribution in [0.2, 0.25) is 0 Å². The van der Waals surface area contributed by atoms with Gasteiger partial charge >= 0.3 is 0 Å². The highest BCUT2D eigenvalue weighted by atomic mass is 16.5. The zero-order chi connectivity index (χ0) is 11.1. The molecule has 0 aromatic heterocycles. The number of aliphatic hydroxyl groups excluding tert-OH is 1. The fourth-order valence-electron chi connectivity index (χ4n) is 1.29. The number of rotatable bonds is 6. The lowest BCUT2D eigenvalue weighted by atomic mass is 10.2. The van der Waals surface area contributed by atoms with Gasteiger partial charge in [0.05, 0.1) is 18.5 Å². The molecule has 84 valence electrons. The normalized spacial score (nSPS) is 10.0. The van der Waals surface area contributed by atoms with Crippen LogP contribution in [0.4, 0.5) is 11.4 Å². The largest absolute Gasteiger partial charge is 0.497 e. The number of unbranched alkanes of at least 4 members (excludes halogenated alkanes) is 1. The lowest BCUT2D eigenvalue weighted by molar-refractivity contribution is 0.286. The van der Waals surface area contributed by atoms with Crippen molar-refractivity contribution in [3.8, 4) is 5.75 Å².